The van der Waals surface area contributed by atoms with Crippen molar-refractivity contribution in [3.05, 3.63) is 41.5 Å². The van der Waals surface area contributed by atoms with Gasteiger partial charge in [0.1, 0.15) is 29.9 Å². The second-order valence-electron chi connectivity index (χ2n) is 8.30. The number of nitrogens with one attached hydrogen (secondary N) is 2. The van der Waals surface area contributed by atoms with Crippen LogP contribution in [0.3, 0.4) is 0 Å². The number of carbonyl (C=O) groups is 1. The molecule has 0 amide bonds. The minimum Gasteiger partial charge on any atom is -0.497 e. The second-order valence-corrected chi connectivity index (χ2v) is 8.30. The number of aromatic amines is 1. The molecule has 0 saturated carbocycles. The molecular weight excluding hydrogens is 356 g/mol. The van der Waals surface area contributed by atoms with Crippen molar-refractivity contribution in [2.75, 3.05) is 20.2 Å². The van der Waals surface area contributed by atoms with Crippen LogP contribution in [0.4, 0.5) is 0 Å². The highest BCUT2D eigenvalue weighted by Crippen LogP contribution is 2.41. The van der Waals surface area contributed by atoms with Crippen LogP contribution in [0.1, 0.15) is 37.6 Å². The maximum atomic E-state index is 11.6. The van der Waals surface area contributed by atoms with Crippen molar-refractivity contribution in [3.8, 4) is 5.75 Å². The molecule has 0 bridgehead atoms. The molecule has 6 heteroatoms. The van der Waals surface area contributed by atoms with Gasteiger partial charge < -0.3 is 24.1 Å². The van der Waals surface area contributed by atoms with Crippen LogP contribution in [0.25, 0.3) is 10.9 Å². The number of fused-ring (bicyclic) bond motifs is 6. The van der Waals surface area contributed by atoms with Crippen LogP contribution in [0.2, 0.25) is 0 Å². The van der Waals surface area contributed by atoms with Gasteiger partial charge in [-0.3, -0.25) is 4.79 Å². The molecule has 1 unspecified atom stereocenters. The number of esters is 1. The van der Waals surface area contributed by atoms with E-state index >= 15 is 0 Å². The lowest BCUT2D eigenvalue weighted by atomic mass is 9.74. The van der Waals surface area contributed by atoms with Gasteiger partial charge in [0.25, 0.3) is 0 Å². The summed E-state index contributed by atoms with van der Waals surface area (Å²) in [5, 5.41) is 1.30. The van der Waals surface area contributed by atoms with E-state index in [2.05, 4.69) is 24.0 Å². The Bertz CT molecular complexity index is 963. The minimum atomic E-state index is -0.278. The van der Waals surface area contributed by atoms with Crippen molar-refractivity contribution in [1.82, 2.24) is 4.98 Å². The number of carbonyl (C=O) groups excluding carboxylic acids is 1. The number of rotatable bonds is 2. The van der Waals surface area contributed by atoms with Gasteiger partial charge >= 0.3 is 5.97 Å². The molecule has 1 aromatic carbocycles. The number of aromatic nitrogens is 1. The number of allylic oxidation sites excluding steroid dienone is 1. The van der Waals surface area contributed by atoms with Crippen LogP contribution in [0.15, 0.2) is 30.2 Å². The first-order valence-electron chi connectivity index (χ1n) is 10.1. The van der Waals surface area contributed by atoms with Gasteiger partial charge in [0.15, 0.2) is 0 Å². The van der Waals surface area contributed by atoms with E-state index in [0.717, 1.165) is 37.2 Å². The highest BCUT2D eigenvalue weighted by Gasteiger charge is 2.49. The Kier molecular flexibility index (Phi) is 4.12. The van der Waals surface area contributed by atoms with E-state index < -0.39 is 0 Å². The molecule has 1 aromatic heterocycles. The summed E-state index contributed by atoms with van der Waals surface area (Å²) in [6.07, 6.45) is 3.85. The molecule has 0 aliphatic carbocycles. The first-order chi connectivity index (χ1) is 13.5. The normalized spacial score (nSPS) is 31.1. The van der Waals surface area contributed by atoms with Crippen molar-refractivity contribution in [2.24, 2.45) is 11.8 Å². The van der Waals surface area contributed by atoms with Crippen LogP contribution in [-0.2, 0) is 20.7 Å². The number of ether oxygens (including phenoxy) is 3. The largest absolute Gasteiger partial charge is 0.497 e. The summed E-state index contributed by atoms with van der Waals surface area (Å²) in [6.45, 7) is 5.74. The van der Waals surface area contributed by atoms with Gasteiger partial charge in [-0.15, -0.1) is 0 Å². The summed E-state index contributed by atoms with van der Waals surface area (Å²) >= 11 is 0. The summed E-state index contributed by atoms with van der Waals surface area (Å²) in [4.78, 5) is 16.9. The number of quaternary nitrogens is 1. The summed E-state index contributed by atoms with van der Waals surface area (Å²) in [5.41, 5.74) is 3.91. The van der Waals surface area contributed by atoms with E-state index in [0.29, 0.717) is 17.7 Å². The van der Waals surface area contributed by atoms with E-state index in [9.17, 15) is 4.79 Å². The number of H-pyrrole nitrogens is 1. The first kappa shape index (κ1) is 17.6. The fraction of sp³-hybridized carbons (Fsp3) is 0.500. The topological polar surface area (TPSA) is 65.0 Å². The quantitative estimate of drug-likeness (QED) is 0.780. The molecule has 0 spiro atoms. The number of methoxy groups -OCH3 is 1. The van der Waals surface area contributed by atoms with E-state index in [-0.39, 0.29) is 18.0 Å². The lowest BCUT2D eigenvalue weighted by Gasteiger charge is -2.46. The Morgan fingerprint density at radius 1 is 1.36 bits per heavy atom. The van der Waals surface area contributed by atoms with Crippen molar-refractivity contribution in [3.63, 3.8) is 0 Å². The number of hydrogen-bond acceptors (Lipinski definition) is 4. The maximum absolute atomic E-state index is 11.6. The standard InChI is InChI=1S/C22H26N2O4/c1-12-18-10-24-7-6-16-15-5-4-14(26-3)8-19(15)23-22(16)20(24)9-17(18)21(11-27-12)28-13(2)25/h4-5,8,11-12,17-18,20,23H,6-7,9-10H2,1-3H3/p+1/t12-,17+,18-,20+/m1/s1. The molecule has 5 atom stereocenters. The van der Waals surface area contributed by atoms with Crippen LogP contribution < -0.4 is 9.64 Å². The van der Waals surface area contributed by atoms with Crippen molar-refractivity contribution >= 4 is 16.9 Å². The Morgan fingerprint density at radius 2 is 2.21 bits per heavy atom. The smallest absolute Gasteiger partial charge is 0.307 e. The van der Waals surface area contributed by atoms with Crippen molar-refractivity contribution < 1.29 is 23.9 Å². The van der Waals surface area contributed by atoms with Gasteiger partial charge in [-0.05, 0) is 24.6 Å². The van der Waals surface area contributed by atoms with E-state index in [4.69, 9.17) is 14.2 Å². The average molecular weight is 383 g/mol. The monoisotopic (exact) mass is 383 g/mol. The highest BCUT2D eigenvalue weighted by molar-refractivity contribution is 5.86. The highest BCUT2D eigenvalue weighted by atomic mass is 16.6. The molecule has 6 nitrogen and oxygen atoms in total. The number of piperidine rings is 1. The van der Waals surface area contributed by atoms with Crippen molar-refractivity contribution in [2.45, 2.75) is 38.8 Å². The summed E-state index contributed by atoms with van der Waals surface area (Å²) < 4.78 is 16.7. The molecule has 4 heterocycles. The maximum Gasteiger partial charge on any atom is 0.307 e. The Labute approximate surface area is 164 Å². The molecule has 2 N–H and O–H groups in total. The molecule has 3 aliphatic heterocycles. The Morgan fingerprint density at radius 3 is 3.00 bits per heavy atom. The van der Waals surface area contributed by atoms with E-state index in [1.807, 2.05) is 6.07 Å². The molecule has 0 radical (unpaired) electrons. The van der Waals surface area contributed by atoms with Crippen molar-refractivity contribution in [1.29, 1.82) is 0 Å². The molecule has 5 rings (SSSR count). The third-order valence-corrected chi connectivity index (χ3v) is 6.82. The van der Waals surface area contributed by atoms with Gasteiger partial charge in [0.05, 0.1) is 31.8 Å². The Balaban J connectivity index is 1.52. The van der Waals surface area contributed by atoms with Gasteiger partial charge in [-0.2, -0.15) is 0 Å². The zero-order valence-corrected chi connectivity index (χ0v) is 16.6. The zero-order valence-electron chi connectivity index (χ0n) is 16.6. The third-order valence-electron chi connectivity index (χ3n) is 6.82. The SMILES string of the molecule is COc1ccc2c3c([nH]c2c1)[C@@H]1C[C@@H]2C(OC(C)=O)=CO[C@H](C)[C@H]2C[NH+]1CC3. The van der Waals surface area contributed by atoms with Gasteiger partial charge in [0, 0.05) is 42.7 Å². The molecule has 3 aliphatic rings. The van der Waals surface area contributed by atoms with E-state index in [1.54, 1.807) is 18.3 Å². The average Bonchev–Trinajstić information content (AvgIpc) is 3.07. The lowest BCUT2D eigenvalue weighted by Crippen LogP contribution is -3.15. The minimum absolute atomic E-state index is 0.145. The fourth-order valence-corrected chi connectivity index (χ4v) is 5.46. The lowest BCUT2D eigenvalue weighted by molar-refractivity contribution is -0.945. The van der Waals surface area contributed by atoms with Crippen LogP contribution in [0, 0.1) is 11.8 Å². The Hall–Kier alpha value is -2.47. The van der Waals surface area contributed by atoms with Gasteiger partial charge in [-0.25, -0.2) is 0 Å². The van der Waals surface area contributed by atoms with Gasteiger partial charge in [0.2, 0.25) is 0 Å². The second kappa shape index (κ2) is 6.55. The van der Waals surface area contributed by atoms with Crippen LogP contribution in [0.5, 0.6) is 5.75 Å². The van der Waals surface area contributed by atoms with Crippen LogP contribution >= 0.6 is 0 Å². The molecule has 148 valence electrons. The molecule has 28 heavy (non-hydrogen) atoms. The fourth-order valence-electron chi connectivity index (χ4n) is 5.46. The predicted molar refractivity (Wildman–Crippen MR) is 104 cm³/mol. The molecule has 2 aromatic rings. The molecular formula is C22H27N2O4+. The molecule has 1 fully saturated rings. The van der Waals surface area contributed by atoms with E-state index in [1.165, 1.54) is 23.6 Å². The molecule has 1 saturated heterocycles. The first-order valence-corrected chi connectivity index (χ1v) is 10.1. The summed E-state index contributed by atoms with van der Waals surface area (Å²) in [6, 6.07) is 6.67. The number of benzene rings is 1. The summed E-state index contributed by atoms with van der Waals surface area (Å²) in [5.74, 6) is 1.88. The third kappa shape index (κ3) is 2.70. The van der Waals surface area contributed by atoms with Crippen LogP contribution in [-0.4, -0.2) is 37.3 Å². The zero-order chi connectivity index (χ0) is 19.4. The predicted octanol–water partition coefficient (Wildman–Crippen LogP) is 2.12. The number of hydrogen-bond donors (Lipinski definition) is 2. The van der Waals surface area contributed by atoms with Gasteiger partial charge in [-0.1, -0.05) is 0 Å². The summed E-state index contributed by atoms with van der Waals surface area (Å²) in [7, 11) is 1.70.